The van der Waals surface area contributed by atoms with Crippen LogP contribution in [0.25, 0.3) is 55.7 Å². The van der Waals surface area contributed by atoms with Gasteiger partial charge in [0.25, 0.3) is 0 Å². The monoisotopic (exact) mass is 508 g/mol. The largest absolute Gasteiger partial charge is 0.492 e. The molecular weight excluding hydrogens is 483 g/mol. The number of fused-ring (bicyclic) bond motifs is 2. The number of hydrogen-bond acceptors (Lipinski definition) is 7. The van der Waals surface area contributed by atoms with Gasteiger partial charge in [0.1, 0.15) is 18.2 Å². The van der Waals surface area contributed by atoms with Crippen molar-refractivity contribution in [2.45, 2.75) is 0 Å². The van der Waals surface area contributed by atoms with Crippen LogP contribution in [-0.4, -0.2) is 62.3 Å². The number of nitrogens with two attached hydrogens (primary N) is 1. The molecule has 4 N–H and O–H groups in total. The molecular formula is C28H25FN8O. The molecule has 0 unspecified atom stereocenters. The van der Waals surface area contributed by atoms with Gasteiger partial charge in [-0.3, -0.25) is 15.1 Å². The number of nitrogens with one attached hydrogen (secondary N) is 2. The molecule has 190 valence electrons. The highest BCUT2D eigenvalue weighted by molar-refractivity contribution is 6.00. The molecule has 0 fully saturated rings. The number of anilines is 1. The van der Waals surface area contributed by atoms with Crippen molar-refractivity contribution in [3.05, 3.63) is 73.1 Å². The molecule has 5 heterocycles. The van der Waals surface area contributed by atoms with E-state index in [9.17, 15) is 4.39 Å². The van der Waals surface area contributed by atoms with Crippen molar-refractivity contribution in [1.82, 2.24) is 35.0 Å². The molecule has 38 heavy (non-hydrogen) atoms. The zero-order chi connectivity index (χ0) is 26.2. The average Bonchev–Trinajstić information content (AvgIpc) is 3.51. The summed E-state index contributed by atoms with van der Waals surface area (Å²) in [6.07, 6.45) is 6.80. The van der Waals surface area contributed by atoms with Crippen LogP contribution < -0.4 is 10.5 Å². The number of pyridine rings is 3. The minimum atomic E-state index is -0.383. The Morgan fingerprint density at radius 3 is 2.66 bits per heavy atom. The number of aromatic amines is 2. The van der Waals surface area contributed by atoms with E-state index in [-0.39, 0.29) is 5.82 Å². The molecule has 0 bridgehead atoms. The Morgan fingerprint density at radius 2 is 1.82 bits per heavy atom. The molecule has 0 saturated heterocycles. The Kier molecular flexibility index (Phi) is 5.93. The Bertz CT molecular complexity index is 1770. The Labute approximate surface area is 217 Å². The van der Waals surface area contributed by atoms with Gasteiger partial charge in [0.15, 0.2) is 5.65 Å². The van der Waals surface area contributed by atoms with Crippen molar-refractivity contribution in [3.8, 4) is 39.5 Å². The molecule has 0 atom stereocenters. The number of ether oxygens (including phenoxy) is 1. The zero-order valence-corrected chi connectivity index (χ0v) is 20.9. The summed E-state index contributed by atoms with van der Waals surface area (Å²) in [5.41, 5.74) is 12.6. The fourth-order valence-corrected chi connectivity index (χ4v) is 4.43. The van der Waals surface area contributed by atoms with Crippen molar-refractivity contribution in [1.29, 1.82) is 0 Å². The molecule has 0 amide bonds. The first-order valence-electron chi connectivity index (χ1n) is 12.1. The Morgan fingerprint density at radius 1 is 0.947 bits per heavy atom. The maximum absolute atomic E-state index is 14.5. The minimum absolute atomic E-state index is 0.383. The van der Waals surface area contributed by atoms with Crippen LogP contribution in [0.2, 0.25) is 0 Å². The second kappa shape index (κ2) is 9.56. The van der Waals surface area contributed by atoms with Crippen LogP contribution in [0.5, 0.6) is 5.75 Å². The number of H-pyrrole nitrogens is 2. The fraction of sp³-hybridized carbons (Fsp3) is 0.143. The number of benzene rings is 1. The molecule has 1 aromatic carbocycles. The first-order chi connectivity index (χ1) is 18.4. The highest BCUT2D eigenvalue weighted by Crippen LogP contribution is 2.35. The second-order valence-electron chi connectivity index (χ2n) is 9.33. The van der Waals surface area contributed by atoms with Crippen LogP contribution in [0, 0.1) is 5.82 Å². The van der Waals surface area contributed by atoms with Crippen molar-refractivity contribution >= 4 is 27.6 Å². The van der Waals surface area contributed by atoms with Gasteiger partial charge in [0.2, 0.25) is 0 Å². The van der Waals surface area contributed by atoms with Crippen LogP contribution in [0.15, 0.2) is 67.3 Å². The van der Waals surface area contributed by atoms with E-state index >= 15 is 0 Å². The molecule has 0 aliphatic carbocycles. The summed E-state index contributed by atoms with van der Waals surface area (Å²) in [5.74, 6) is 0.0803. The van der Waals surface area contributed by atoms with E-state index in [0.717, 1.165) is 45.3 Å². The lowest BCUT2D eigenvalue weighted by Crippen LogP contribution is -2.19. The normalized spacial score (nSPS) is 11.6. The molecule has 10 heteroatoms. The van der Waals surface area contributed by atoms with Crippen LogP contribution in [0.1, 0.15) is 0 Å². The zero-order valence-electron chi connectivity index (χ0n) is 20.9. The number of rotatable bonds is 7. The van der Waals surface area contributed by atoms with Crippen molar-refractivity contribution in [3.63, 3.8) is 0 Å². The van der Waals surface area contributed by atoms with Crippen LogP contribution in [0.4, 0.5) is 10.1 Å². The standard InChI is InChI=1S/C28H25FN8O/c1-37(2)5-6-38-21-9-16(7-19(29)11-21)26-22-12-25(34-24(22)3-4-32-26)27-23-10-18(14-33-28(23)36-35-27)17-8-20(30)15-31-13-17/h3-4,7-15,34H,5-6,30H2,1-2H3,(H,33,35,36). The quantitative estimate of drug-likeness (QED) is 0.281. The van der Waals surface area contributed by atoms with E-state index in [1.165, 1.54) is 12.1 Å². The first-order valence-corrected chi connectivity index (χ1v) is 12.1. The fourth-order valence-electron chi connectivity index (χ4n) is 4.43. The van der Waals surface area contributed by atoms with Gasteiger partial charge in [-0.25, -0.2) is 9.37 Å². The molecule has 0 aliphatic rings. The summed E-state index contributed by atoms with van der Waals surface area (Å²) in [7, 11) is 3.92. The van der Waals surface area contributed by atoms with Crippen LogP contribution in [-0.2, 0) is 0 Å². The number of likely N-dealkylation sites (N-methyl/N-ethyl adjacent to an activating group) is 1. The third-order valence-electron chi connectivity index (χ3n) is 6.27. The second-order valence-corrected chi connectivity index (χ2v) is 9.33. The lowest BCUT2D eigenvalue weighted by atomic mass is 10.1. The number of nitrogens with zero attached hydrogens (tertiary/aromatic N) is 5. The van der Waals surface area contributed by atoms with Gasteiger partial charge < -0.3 is 20.4 Å². The van der Waals surface area contributed by atoms with E-state index in [1.54, 1.807) is 24.8 Å². The third-order valence-corrected chi connectivity index (χ3v) is 6.27. The number of aromatic nitrogens is 6. The highest BCUT2D eigenvalue weighted by atomic mass is 19.1. The maximum Gasteiger partial charge on any atom is 0.181 e. The number of nitrogen functional groups attached to an aromatic ring is 1. The van der Waals surface area contributed by atoms with E-state index in [2.05, 4.69) is 30.1 Å². The van der Waals surface area contributed by atoms with E-state index in [1.807, 2.05) is 49.3 Å². The number of hydrogen-bond donors (Lipinski definition) is 3. The SMILES string of the molecule is CN(C)CCOc1cc(F)cc(-c2nccc3[nH]c(-c4[nH]nc5ncc(-c6cncc(N)c6)cc45)cc23)c1. The smallest absolute Gasteiger partial charge is 0.181 e. The van der Waals surface area contributed by atoms with Gasteiger partial charge in [-0.15, -0.1) is 0 Å². The lowest BCUT2D eigenvalue weighted by Gasteiger charge is -2.12. The Balaban J connectivity index is 1.40. The van der Waals surface area contributed by atoms with Gasteiger partial charge in [0, 0.05) is 70.4 Å². The van der Waals surface area contributed by atoms with E-state index in [4.69, 9.17) is 10.5 Å². The molecule has 0 spiro atoms. The van der Waals surface area contributed by atoms with Gasteiger partial charge in [-0.2, -0.15) is 5.10 Å². The van der Waals surface area contributed by atoms with Crippen molar-refractivity contribution in [2.75, 3.05) is 33.0 Å². The summed E-state index contributed by atoms with van der Waals surface area (Å²) in [6.45, 7) is 1.18. The van der Waals surface area contributed by atoms with Gasteiger partial charge >= 0.3 is 0 Å². The van der Waals surface area contributed by atoms with Crippen molar-refractivity contribution in [2.24, 2.45) is 0 Å². The highest BCUT2D eigenvalue weighted by Gasteiger charge is 2.16. The van der Waals surface area contributed by atoms with E-state index < -0.39 is 0 Å². The predicted octanol–water partition coefficient (Wildman–Crippen LogP) is 4.89. The molecule has 0 radical (unpaired) electrons. The third kappa shape index (κ3) is 4.53. The first kappa shape index (κ1) is 23.6. The average molecular weight is 509 g/mol. The Hall–Kier alpha value is -4.83. The van der Waals surface area contributed by atoms with Gasteiger partial charge in [-0.1, -0.05) is 0 Å². The molecule has 6 rings (SSSR count). The van der Waals surface area contributed by atoms with Gasteiger partial charge in [0.05, 0.1) is 22.8 Å². The topological polar surface area (TPSA) is 122 Å². The molecule has 0 aliphatic heterocycles. The van der Waals surface area contributed by atoms with Crippen LogP contribution >= 0.6 is 0 Å². The lowest BCUT2D eigenvalue weighted by molar-refractivity contribution is 0.260. The summed E-state index contributed by atoms with van der Waals surface area (Å²) >= 11 is 0. The predicted molar refractivity (Wildman–Crippen MR) is 146 cm³/mol. The summed E-state index contributed by atoms with van der Waals surface area (Å²) < 4.78 is 20.3. The van der Waals surface area contributed by atoms with Gasteiger partial charge in [-0.05, 0) is 50.5 Å². The minimum Gasteiger partial charge on any atom is -0.492 e. The van der Waals surface area contributed by atoms with Crippen molar-refractivity contribution < 1.29 is 9.13 Å². The molecule has 0 saturated carbocycles. The molecule has 9 nitrogen and oxygen atoms in total. The summed E-state index contributed by atoms with van der Waals surface area (Å²) in [6, 6.07) is 12.4. The molecule has 5 aromatic heterocycles. The maximum atomic E-state index is 14.5. The molecule has 6 aromatic rings. The van der Waals surface area contributed by atoms with E-state index in [0.29, 0.717) is 34.9 Å². The summed E-state index contributed by atoms with van der Waals surface area (Å²) in [5, 5.41) is 9.17. The summed E-state index contributed by atoms with van der Waals surface area (Å²) in [4.78, 5) is 18.7. The van der Waals surface area contributed by atoms with Crippen LogP contribution in [0.3, 0.4) is 0 Å². The number of halogens is 1.